The number of aliphatic hydroxyl groups is 1. The van der Waals surface area contributed by atoms with Gasteiger partial charge in [0.05, 0.1) is 19.2 Å². The molecule has 0 aliphatic carbocycles. The number of hydrogen-bond acceptors (Lipinski definition) is 4. The maximum atomic E-state index is 12.5. The van der Waals surface area contributed by atoms with E-state index in [1.807, 2.05) is 11.0 Å². The van der Waals surface area contributed by atoms with E-state index < -0.39 is 0 Å². The Kier molecular flexibility index (Phi) is 4.52. The molecule has 7 heteroatoms. The lowest BCUT2D eigenvalue weighted by molar-refractivity contribution is 0.114. The predicted octanol–water partition coefficient (Wildman–Crippen LogP) is 1.63. The largest absolute Gasteiger partial charge is 0.497 e. The standard InChI is InChI=1S/C20H28N4O3/c1-22-8-6-20(7-9-22)12-24(19(26)21-13-25)11-17-18(20)15-5-4-14(27-3)10-16(15)23(17)2/h4-5,10,25H,6-9,11-13H2,1-3H3,(H,21,26). The minimum atomic E-state index is -0.343. The summed E-state index contributed by atoms with van der Waals surface area (Å²) in [5.41, 5.74) is 3.66. The number of carbonyl (C=O) groups is 1. The SMILES string of the molecule is COc1ccc2c3c(n(C)c2c1)CN(C(=O)NCO)CC31CCN(C)CC1. The van der Waals surface area contributed by atoms with Crippen molar-refractivity contribution in [2.45, 2.75) is 24.8 Å². The second-order valence-electron chi connectivity index (χ2n) is 7.84. The zero-order chi connectivity index (χ0) is 19.2. The lowest BCUT2D eigenvalue weighted by Crippen LogP contribution is -2.54. The van der Waals surface area contributed by atoms with Crippen molar-refractivity contribution in [3.63, 3.8) is 0 Å². The van der Waals surface area contributed by atoms with Gasteiger partial charge in [0.2, 0.25) is 0 Å². The Labute approximate surface area is 159 Å². The molecular weight excluding hydrogens is 344 g/mol. The summed E-state index contributed by atoms with van der Waals surface area (Å²) in [6.45, 7) is 2.92. The number of amides is 2. The van der Waals surface area contributed by atoms with Crippen molar-refractivity contribution in [1.29, 1.82) is 0 Å². The van der Waals surface area contributed by atoms with E-state index in [1.54, 1.807) is 7.11 Å². The van der Waals surface area contributed by atoms with Crippen molar-refractivity contribution >= 4 is 16.9 Å². The first-order valence-electron chi connectivity index (χ1n) is 9.47. The number of likely N-dealkylation sites (tertiary alicyclic amines) is 1. The molecule has 1 spiro atoms. The number of aryl methyl sites for hydroxylation is 1. The van der Waals surface area contributed by atoms with Crippen LogP contribution in [0.3, 0.4) is 0 Å². The predicted molar refractivity (Wildman–Crippen MR) is 104 cm³/mol. The van der Waals surface area contributed by atoms with Crippen LogP contribution in [-0.2, 0) is 19.0 Å². The number of piperidine rings is 1. The molecule has 3 heterocycles. The van der Waals surface area contributed by atoms with E-state index in [9.17, 15) is 4.79 Å². The number of methoxy groups -OCH3 is 1. The van der Waals surface area contributed by atoms with Crippen molar-refractivity contribution in [1.82, 2.24) is 19.7 Å². The number of aromatic nitrogens is 1. The van der Waals surface area contributed by atoms with E-state index in [0.717, 1.165) is 37.2 Å². The molecule has 0 radical (unpaired) electrons. The van der Waals surface area contributed by atoms with Gasteiger partial charge in [-0.1, -0.05) is 0 Å². The van der Waals surface area contributed by atoms with Gasteiger partial charge in [-0.3, -0.25) is 0 Å². The van der Waals surface area contributed by atoms with E-state index in [0.29, 0.717) is 13.1 Å². The third-order valence-electron chi connectivity index (χ3n) is 6.36. The molecule has 1 fully saturated rings. The van der Waals surface area contributed by atoms with Crippen LogP contribution >= 0.6 is 0 Å². The fraction of sp³-hybridized carbons (Fsp3) is 0.550. The molecule has 7 nitrogen and oxygen atoms in total. The van der Waals surface area contributed by atoms with Gasteiger partial charge in [-0.15, -0.1) is 0 Å². The fourth-order valence-corrected chi connectivity index (χ4v) is 4.83. The summed E-state index contributed by atoms with van der Waals surface area (Å²) in [6, 6.07) is 6.06. The molecule has 0 atom stereocenters. The van der Waals surface area contributed by atoms with Gasteiger partial charge in [0.25, 0.3) is 0 Å². The molecule has 0 bridgehead atoms. The van der Waals surface area contributed by atoms with Gasteiger partial charge >= 0.3 is 6.03 Å². The first-order chi connectivity index (χ1) is 13.0. The molecule has 2 aliphatic rings. The molecule has 2 amide bonds. The molecule has 0 unspecified atom stereocenters. The molecule has 1 aromatic carbocycles. The van der Waals surface area contributed by atoms with Crippen LogP contribution in [0.5, 0.6) is 5.75 Å². The van der Waals surface area contributed by atoms with E-state index in [2.05, 4.69) is 41.0 Å². The third kappa shape index (κ3) is 2.85. The third-order valence-corrected chi connectivity index (χ3v) is 6.36. The highest BCUT2D eigenvalue weighted by Gasteiger charge is 2.45. The Morgan fingerprint density at radius 2 is 2.04 bits per heavy atom. The van der Waals surface area contributed by atoms with Crippen LogP contribution in [0, 0.1) is 0 Å². The number of nitrogens with one attached hydrogen (secondary N) is 1. The molecule has 27 heavy (non-hydrogen) atoms. The van der Waals surface area contributed by atoms with Gasteiger partial charge in [-0.05, 0) is 50.7 Å². The van der Waals surface area contributed by atoms with Gasteiger partial charge in [-0.25, -0.2) is 4.79 Å². The summed E-state index contributed by atoms with van der Waals surface area (Å²) in [7, 11) is 5.90. The van der Waals surface area contributed by atoms with Gasteiger partial charge in [0.15, 0.2) is 0 Å². The van der Waals surface area contributed by atoms with Crippen LogP contribution in [0.2, 0.25) is 0 Å². The van der Waals surface area contributed by atoms with Crippen LogP contribution < -0.4 is 10.1 Å². The van der Waals surface area contributed by atoms with Crippen molar-refractivity contribution in [3.8, 4) is 5.75 Å². The molecule has 2 aromatic rings. The second-order valence-corrected chi connectivity index (χ2v) is 7.84. The number of rotatable bonds is 2. The monoisotopic (exact) mass is 372 g/mol. The number of fused-ring (bicyclic) bond motifs is 4. The number of benzene rings is 1. The molecule has 1 saturated heterocycles. The molecule has 2 N–H and O–H groups in total. The Morgan fingerprint density at radius 1 is 1.30 bits per heavy atom. The minimum absolute atomic E-state index is 0.0546. The zero-order valence-corrected chi connectivity index (χ0v) is 16.3. The first kappa shape index (κ1) is 18.1. The summed E-state index contributed by atoms with van der Waals surface area (Å²) in [5, 5.41) is 13.0. The Bertz CT molecular complexity index is 868. The fourth-order valence-electron chi connectivity index (χ4n) is 4.83. The average Bonchev–Trinajstić information content (AvgIpc) is 2.97. The normalized spacial score (nSPS) is 19.3. The number of nitrogens with zero attached hydrogens (tertiary/aromatic N) is 3. The van der Waals surface area contributed by atoms with E-state index >= 15 is 0 Å². The lowest BCUT2D eigenvalue weighted by Gasteiger charge is -2.47. The quantitative estimate of drug-likeness (QED) is 0.786. The van der Waals surface area contributed by atoms with Crippen LogP contribution in [-0.4, -0.2) is 66.0 Å². The van der Waals surface area contributed by atoms with Gasteiger partial charge in [-0.2, -0.15) is 0 Å². The van der Waals surface area contributed by atoms with E-state index in [1.165, 1.54) is 16.6 Å². The van der Waals surface area contributed by atoms with Crippen LogP contribution in [0.25, 0.3) is 10.9 Å². The number of carbonyl (C=O) groups excluding carboxylic acids is 1. The van der Waals surface area contributed by atoms with Crippen molar-refractivity contribution in [2.24, 2.45) is 7.05 Å². The van der Waals surface area contributed by atoms with Crippen LogP contribution in [0.4, 0.5) is 4.79 Å². The lowest BCUT2D eigenvalue weighted by atomic mass is 9.69. The molecule has 4 rings (SSSR count). The number of aliphatic hydroxyl groups excluding tert-OH is 1. The maximum Gasteiger partial charge on any atom is 0.319 e. The highest BCUT2D eigenvalue weighted by molar-refractivity contribution is 5.89. The molecule has 2 aliphatic heterocycles. The van der Waals surface area contributed by atoms with Crippen molar-refractivity contribution in [3.05, 3.63) is 29.5 Å². The van der Waals surface area contributed by atoms with E-state index in [-0.39, 0.29) is 18.2 Å². The number of urea groups is 1. The summed E-state index contributed by atoms with van der Waals surface area (Å²) in [5.74, 6) is 0.841. The number of ether oxygens (including phenoxy) is 1. The topological polar surface area (TPSA) is 70.0 Å². The van der Waals surface area contributed by atoms with Crippen LogP contribution in [0.1, 0.15) is 24.1 Å². The van der Waals surface area contributed by atoms with Gasteiger partial charge in [0, 0.05) is 36.2 Å². The summed E-state index contributed by atoms with van der Waals surface area (Å²) >= 11 is 0. The molecular formula is C20H28N4O3. The number of hydrogen-bond donors (Lipinski definition) is 2. The van der Waals surface area contributed by atoms with E-state index in [4.69, 9.17) is 9.84 Å². The van der Waals surface area contributed by atoms with Crippen molar-refractivity contribution < 1.29 is 14.6 Å². The highest BCUT2D eigenvalue weighted by atomic mass is 16.5. The van der Waals surface area contributed by atoms with Gasteiger partial charge < -0.3 is 29.5 Å². The average molecular weight is 372 g/mol. The Hall–Kier alpha value is -2.25. The van der Waals surface area contributed by atoms with Gasteiger partial charge in [0.1, 0.15) is 12.5 Å². The van der Waals surface area contributed by atoms with Crippen LogP contribution in [0.15, 0.2) is 18.2 Å². The highest BCUT2D eigenvalue weighted by Crippen LogP contribution is 2.46. The minimum Gasteiger partial charge on any atom is -0.497 e. The molecule has 1 aromatic heterocycles. The second kappa shape index (κ2) is 6.73. The first-order valence-corrected chi connectivity index (χ1v) is 9.47. The maximum absolute atomic E-state index is 12.5. The Balaban J connectivity index is 1.88. The smallest absolute Gasteiger partial charge is 0.319 e. The summed E-state index contributed by atoms with van der Waals surface area (Å²) < 4.78 is 7.63. The molecule has 146 valence electrons. The van der Waals surface area contributed by atoms with Crippen molar-refractivity contribution in [2.75, 3.05) is 40.5 Å². The summed E-state index contributed by atoms with van der Waals surface area (Å²) in [6.07, 6.45) is 2.04. The summed E-state index contributed by atoms with van der Waals surface area (Å²) in [4.78, 5) is 16.7. The molecule has 0 saturated carbocycles. The zero-order valence-electron chi connectivity index (χ0n) is 16.3. The Morgan fingerprint density at radius 3 is 2.70 bits per heavy atom.